The fourth-order valence-electron chi connectivity index (χ4n) is 6.72. The van der Waals surface area contributed by atoms with Gasteiger partial charge in [-0.15, -0.1) is 0 Å². The molecule has 12 heteroatoms. The van der Waals surface area contributed by atoms with Gasteiger partial charge in [0.15, 0.2) is 0 Å². The summed E-state index contributed by atoms with van der Waals surface area (Å²) < 4.78 is 16.8. The van der Waals surface area contributed by atoms with Crippen LogP contribution in [0.1, 0.15) is 70.4 Å². The molecule has 246 valence electrons. The van der Waals surface area contributed by atoms with Crippen LogP contribution in [0.4, 0.5) is 5.69 Å². The van der Waals surface area contributed by atoms with Crippen LogP contribution in [0.15, 0.2) is 81.4 Å². The van der Waals surface area contributed by atoms with Gasteiger partial charge >= 0.3 is 271 Å². The molecule has 2 aromatic carbocycles. The van der Waals surface area contributed by atoms with E-state index in [2.05, 4.69) is 40.2 Å². The number of ether oxygens (including phenoxy) is 1. The number of nitriles is 1. The van der Waals surface area contributed by atoms with E-state index in [1.807, 2.05) is 68.8 Å². The molecular weight excluding hydrogens is 603 g/mol. The Bertz CT molecular complexity index is 1660. The van der Waals surface area contributed by atoms with Crippen molar-refractivity contribution in [3.63, 3.8) is 0 Å². The second-order valence-electron chi connectivity index (χ2n) is 12.6. The third kappa shape index (κ3) is 7.33. The van der Waals surface area contributed by atoms with Crippen LogP contribution < -0.4 is 16.1 Å². The van der Waals surface area contributed by atoms with Gasteiger partial charge in [0.25, 0.3) is 0 Å². The molecule has 0 saturated carbocycles. The number of benzene rings is 2. The number of para-hydroxylation sites is 1. The van der Waals surface area contributed by atoms with Gasteiger partial charge in [-0.3, -0.25) is 0 Å². The molecule has 2 N–H and O–H groups in total. The Morgan fingerprint density at radius 2 is 1.76 bits per heavy atom. The monoisotopic (exact) mass is 648 g/mol. The zero-order valence-corrected chi connectivity index (χ0v) is 28.2. The van der Waals surface area contributed by atoms with Crippen LogP contribution in [0.3, 0.4) is 0 Å². The molecule has 46 heavy (non-hydrogen) atoms. The Morgan fingerprint density at radius 1 is 1.11 bits per heavy atom. The number of anilines is 1. The maximum atomic E-state index is 13.0. The SMILES string of the molecule is Cc1cn([C@H]2C[C@H](O[PH](O)(CCC#N)N(C(C)C)C(C)C)[C@@H](CC3=NC(c4ccccc4)CN3c3ccccc3)O2)c(=O)[nH]c1=O. The van der Waals surface area contributed by atoms with Gasteiger partial charge in [0.1, 0.15) is 0 Å². The van der Waals surface area contributed by atoms with Crippen LogP contribution in [0.5, 0.6) is 0 Å². The molecule has 0 radical (unpaired) electrons. The van der Waals surface area contributed by atoms with Gasteiger partial charge < -0.3 is 0 Å². The summed E-state index contributed by atoms with van der Waals surface area (Å²) in [6.07, 6.45) is 0.557. The first-order valence-corrected chi connectivity index (χ1v) is 18.0. The molecule has 4 atom stereocenters. The zero-order valence-electron chi connectivity index (χ0n) is 27.2. The van der Waals surface area contributed by atoms with Crippen LogP contribution in [0.2, 0.25) is 0 Å². The van der Waals surface area contributed by atoms with Crippen molar-refractivity contribution in [3.8, 4) is 6.07 Å². The molecule has 0 aliphatic carbocycles. The van der Waals surface area contributed by atoms with E-state index >= 15 is 0 Å². The van der Waals surface area contributed by atoms with E-state index in [0.717, 1.165) is 17.1 Å². The van der Waals surface area contributed by atoms with Crippen molar-refractivity contribution in [2.75, 3.05) is 17.6 Å². The van der Waals surface area contributed by atoms with Crippen molar-refractivity contribution in [1.29, 1.82) is 5.26 Å². The van der Waals surface area contributed by atoms with Gasteiger partial charge in [-0.2, -0.15) is 0 Å². The van der Waals surface area contributed by atoms with Crippen LogP contribution in [0, 0.1) is 18.3 Å². The summed E-state index contributed by atoms with van der Waals surface area (Å²) in [5.41, 5.74) is 1.48. The number of H-pyrrole nitrogens is 1. The standard InChI is InChI=1S/C34H45N6O5P/c1-23(2)40(24(3)4)46(43,18-12-17-35)45-30-20-32(39-21-25(5)33(41)37-34(39)42)44-29(30)19-31-36-28(26-13-8-6-9-14-26)22-38(31)27-15-10-7-11-16-27/h6-11,13-16,21,23-24,28-30,32,43,46H,12,18-20,22H2,1-5H3,(H,37,41,42)/t28?,29-,30+,32-/m1/s1. The Hall–Kier alpha value is -3.65. The first kappa shape index (κ1) is 33.7. The minimum absolute atomic E-state index is 0.0317. The van der Waals surface area contributed by atoms with Gasteiger partial charge in [0, 0.05) is 0 Å². The molecule has 1 saturated heterocycles. The number of rotatable bonds is 12. The zero-order chi connectivity index (χ0) is 33.0. The van der Waals surface area contributed by atoms with Crippen molar-refractivity contribution in [3.05, 3.63) is 98.8 Å². The summed E-state index contributed by atoms with van der Waals surface area (Å²) in [5, 5.41) is 9.49. The molecule has 1 fully saturated rings. The van der Waals surface area contributed by atoms with E-state index in [-0.39, 0.29) is 37.1 Å². The van der Waals surface area contributed by atoms with Gasteiger partial charge in [-0.1, -0.05) is 0 Å². The van der Waals surface area contributed by atoms with Crippen LogP contribution >= 0.6 is 7.87 Å². The third-order valence-electron chi connectivity index (χ3n) is 8.66. The molecule has 5 rings (SSSR count). The van der Waals surface area contributed by atoms with Crippen molar-refractivity contribution < 1.29 is 14.2 Å². The summed E-state index contributed by atoms with van der Waals surface area (Å²) >= 11 is 0. The van der Waals surface area contributed by atoms with E-state index in [0.29, 0.717) is 18.5 Å². The van der Waals surface area contributed by atoms with E-state index in [1.54, 1.807) is 6.92 Å². The molecule has 11 nitrogen and oxygen atoms in total. The number of aliphatic imine (C=N–C) groups is 1. The minimum atomic E-state index is -3.67. The van der Waals surface area contributed by atoms with Gasteiger partial charge in [-0.05, 0) is 0 Å². The maximum absolute atomic E-state index is 13.0. The molecular formula is C34H45N6O5P. The molecule has 0 amide bonds. The first-order valence-electron chi connectivity index (χ1n) is 16.0. The number of aromatic amines is 1. The normalized spacial score (nSPS) is 22.1. The second kappa shape index (κ2) is 14.4. The molecule has 0 bridgehead atoms. The number of nitrogens with one attached hydrogen (secondary N) is 1. The summed E-state index contributed by atoms with van der Waals surface area (Å²) in [5.74, 6) is 0.816. The van der Waals surface area contributed by atoms with E-state index in [1.165, 1.54) is 10.8 Å². The number of nitrogens with zero attached hydrogens (tertiary/aromatic N) is 5. The average molecular weight is 649 g/mol. The average Bonchev–Trinajstić information content (AvgIpc) is 3.62. The number of aryl methyl sites for hydroxylation is 1. The number of hydrogen-bond donors (Lipinski definition) is 2. The molecule has 1 unspecified atom stereocenters. The second-order valence-corrected chi connectivity index (χ2v) is 15.4. The quantitative estimate of drug-likeness (QED) is 0.260. The third-order valence-corrected chi connectivity index (χ3v) is 12.1. The Labute approximate surface area is 270 Å². The molecule has 1 aromatic heterocycles. The number of amidine groups is 1. The van der Waals surface area contributed by atoms with Crippen LogP contribution in [-0.4, -0.2) is 61.9 Å². The Kier molecular flexibility index (Phi) is 10.6. The van der Waals surface area contributed by atoms with E-state index < -0.39 is 37.6 Å². The van der Waals surface area contributed by atoms with Crippen molar-refractivity contribution in [2.45, 2.75) is 90.4 Å². The predicted octanol–water partition coefficient (Wildman–Crippen LogP) is 5.09. The Balaban J connectivity index is 1.53. The van der Waals surface area contributed by atoms with Crippen LogP contribution in [0.25, 0.3) is 0 Å². The fraction of sp³-hybridized carbons (Fsp3) is 0.471. The molecule has 3 heterocycles. The number of aromatic nitrogens is 2. The Morgan fingerprint density at radius 3 is 2.39 bits per heavy atom. The topological polar surface area (TPSA) is 136 Å². The molecule has 0 spiro atoms. The summed E-state index contributed by atoms with van der Waals surface area (Å²) in [6.45, 7) is 10.3. The van der Waals surface area contributed by atoms with Gasteiger partial charge in [0.05, 0.1) is 0 Å². The van der Waals surface area contributed by atoms with Gasteiger partial charge in [0.2, 0.25) is 0 Å². The fourth-order valence-corrected chi connectivity index (χ4v) is 10.0. The summed E-state index contributed by atoms with van der Waals surface area (Å²) in [7, 11) is -3.67. The van der Waals surface area contributed by atoms with Gasteiger partial charge in [-0.25, -0.2) is 0 Å². The first-order chi connectivity index (χ1) is 22.0. The van der Waals surface area contributed by atoms with Crippen molar-refractivity contribution in [1.82, 2.24) is 14.2 Å². The van der Waals surface area contributed by atoms with Crippen LogP contribution in [-0.2, 0) is 9.26 Å². The molecule has 3 aromatic rings. The van der Waals surface area contributed by atoms with Crippen molar-refractivity contribution >= 4 is 19.4 Å². The van der Waals surface area contributed by atoms with E-state index in [4.69, 9.17) is 14.3 Å². The summed E-state index contributed by atoms with van der Waals surface area (Å²) in [4.78, 5) is 47.1. The number of hydrogen-bond acceptors (Lipinski definition) is 9. The molecule has 2 aliphatic heterocycles. The predicted molar refractivity (Wildman–Crippen MR) is 182 cm³/mol. The molecule has 2 aliphatic rings. The summed E-state index contributed by atoms with van der Waals surface area (Å²) in [6, 6.07) is 22.3. The van der Waals surface area contributed by atoms with Crippen molar-refractivity contribution in [2.24, 2.45) is 4.99 Å². The van der Waals surface area contributed by atoms with E-state index in [9.17, 15) is 19.7 Å².